The van der Waals surface area contributed by atoms with Crippen molar-refractivity contribution in [3.63, 3.8) is 0 Å². The molecule has 22 heterocycles. The van der Waals surface area contributed by atoms with Crippen molar-refractivity contribution in [2.45, 2.75) is 136 Å². The predicted molar refractivity (Wildman–Crippen MR) is 534 cm³/mol. The van der Waals surface area contributed by atoms with Crippen molar-refractivity contribution in [2.24, 2.45) is 44.0 Å². The van der Waals surface area contributed by atoms with Crippen LogP contribution in [-0.4, -0.2) is 201 Å². The van der Waals surface area contributed by atoms with Gasteiger partial charge in [-0.2, -0.15) is 20.4 Å². The Morgan fingerprint density at radius 2 is 0.836 bits per heavy atom. The molecular formula is C95H106BBrClFN36O5. The number of aliphatic imine (C=N–C) groups is 2. The van der Waals surface area contributed by atoms with Crippen molar-refractivity contribution in [3.8, 4) is 56.5 Å². The second-order valence-corrected chi connectivity index (χ2v) is 36.2. The van der Waals surface area contributed by atoms with Crippen molar-refractivity contribution in [2.75, 3.05) is 54.0 Å². The van der Waals surface area contributed by atoms with Crippen LogP contribution in [0.2, 0.25) is 0 Å². The largest absolute Gasteiger partial charge is 0.496 e. The van der Waals surface area contributed by atoms with Crippen LogP contribution in [0.4, 0.5) is 51.5 Å². The fourth-order valence-corrected chi connectivity index (χ4v) is 17.5. The third-order valence-electron chi connectivity index (χ3n) is 24.9. The van der Waals surface area contributed by atoms with Crippen LogP contribution in [-0.2, 0) is 96.2 Å². The number of carbonyl (C=O) groups excluding carboxylic acids is 3. The SMILES string of the molecule is CC1(C)OB(c2cc3n(c2)CCCNC3=O)OC1(C)C.Cn1nccc1Nc1nccc(-c2cc3n(c2)CCCN=C3Cl)n1.Cn1nccc1Nc1nccc(-c2cc3n(c2)CCCN=C3NN)n1.Cn1nccc1Nc1nccc(-c2cc3n(c2)CCCNC3=O)n1.Cn1nccc1Nc1nccc(-c2cc3n(c2)CCCn2c(CCc4ccccc4F)nnc2-3)n1.O=C1NCCCn2cc(Br)cc21. The van der Waals surface area contributed by atoms with Crippen molar-refractivity contribution >= 4 is 116 Å². The number of nitrogens with one attached hydrogen (secondary N) is 8. The second kappa shape index (κ2) is 42.3. The van der Waals surface area contributed by atoms with E-state index in [0.29, 0.717) is 71.1 Å². The summed E-state index contributed by atoms with van der Waals surface area (Å²) in [6, 6.07) is 33.6. The smallest absolute Gasteiger partial charge is 0.399 e. The van der Waals surface area contributed by atoms with E-state index in [1.54, 1.807) is 74.4 Å². The molecule has 720 valence electrons. The lowest BCUT2D eigenvalue weighted by Crippen LogP contribution is -2.41. The molecule has 7 aliphatic rings. The number of halogens is 3. The number of carbonyl (C=O) groups is 3. The molecule has 0 bridgehead atoms. The van der Waals surface area contributed by atoms with Gasteiger partial charge in [0.05, 0.1) is 75.8 Å². The van der Waals surface area contributed by atoms with Gasteiger partial charge in [0.15, 0.2) is 11.7 Å². The number of amidine groups is 1. The predicted octanol–water partition coefficient (Wildman–Crippen LogP) is 11.7. The summed E-state index contributed by atoms with van der Waals surface area (Å²) in [6.45, 7) is 17.9. The number of amides is 3. The van der Waals surface area contributed by atoms with Gasteiger partial charge in [-0.05, 0) is 161 Å². The van der Waals surface area contributed by atoms with Gasteiger partial charge < -0.3 is 83.9 Å². The molecule has 0 aliphatic carbocycles. The fraction of sp³-hybridized carbons (Fsp3) is 0.316. The van der Waals surface area contributed by atoms with Gasteiger partial charge in [0.2, 0.25) is 23.8 Å². The Morgan fingerprint density at radius 1 is 0.443 bits per heavy atom. The van der Waals surface area contributed by atoms with Crippen molar-refractivity contribution in [3.05, 3.63) is 246 Å². The van der Waals surface area contributed by atoms with E-state index in [4.69, 9.17) is 31.7 Å². The summed E-state index contributed by atoms with van der Waals surface area (Å²) >= 11 is 9.61. The molecule has 140 heavy (non-hydrogen) atoms. The van der Waals surface area contributed by atoms with Crippen molar-refractivity contribution in [1.82, 2.24) is 143 Å². The molecule has 23 rings (SSSR count). The molecule has 0 unspecified atom stereocenters. The number of benzene rings is 1. The first-order valence-electron chi connectivity index (χ1n) is 46.2. The van der Waals surface area contributed by atoms with E-state index in [9.17, 15) is 18.8 Å². The van der Waals surface area contributed by atoms with Gasteiger partial charge in [0, 0.05) is 232 Å². The van der Waals surface area contributed by atoms with E-state index >= 15 is 0 Å². The molecule has 7 aliphatic heterocycles. The van der Waals surface area contributed by atoms with Gasteiger partial charge in [-0.15, -0.1) is 10.2 Å². The maximum atomic E-state index is 14.1. The van der Waals surface area contributed by atoms with Gasteiger partial charge in [0.25, 0.3) is 17.7 Å². The summed E-state index contributed by atoms with van der Waals surface area (Å²) in [4.78, 5) is 79.8. The molecule has 1 aromatic carbocycles. The quantitative estimate of drug-likeness (QED) is 0.0246. The monoisotopic (exact) mass is 1970 g/mol. The standard InChI is InChI=1S/C25H24FN9.C16H16ClN7.C16H19N9.C16H17N7O.C14H21BN2O3.C8H9BrN2O/c1-33-22(10-12-28-33)30-25-27-11-9-20(29-25)18-15-21-24-32-31-23(35(24)14-4-13-34(21)16-18)8-7-17-5-2-3-6-19(17)26;1-23-14(4-7-20-23)22-16-19-6-3-12(21-16)11-9-13-15(17)18-5-2-8-24(13)10-11;1-24-14(4-7-20-24)22-16-19-6-3-12(21-16)11-9-13-15(23-17)18-5-2-8-25(13)10-11;1-22-14(4-7-19-22)21-16-18-6-3-12(20-16)11-9-13-15(24)17-5-2-8-23(13)10-11;1-13(2)14(3,4)20-15(19-13)10-8-11-12(18)16-6-5-7-17(11)9-10;9-6-4-7-8(12)10-2-1-3-11(7)5-6/h2-3,5-6,9-12,15-16H,4,7-8,13-14H2,1H3,(H,27,29,30);3-4,6-7,9-10H,2,5,8H2,1H3,(H,19,21,22);3-4,6-7,9-10H,2,5,8,17H2,1H3,(H,18,23)(H,19,21,22);3-4,6-7,9-10H,2,5,8H2,1H3,(H,17,24)(H,18,20,21);8-9H,5-7H2,1-4H3,(H,16,18);4-5H,1-3H2,(H,10,12). The highest BCUT2D eigenvalue weighted by atomic mass is 79.9. The minimum atomic E-state index is -0.410. The normalized spacial score (nSPS) is 15.3. The molecule has 1 saturated heterocycles. The van der Waals surface area contributed by atoms with Gasteiger partial charge >= 0.3 is 7.12 Å². The third-order valence-corrected chi connectivity index (χ3v) is 25.6. The van der Waals surface area contributed by atoms with Crippen LogP contribution in [0, 0.1) is 5.82 Å². The Labute approximate surface area is 818 Å². The minimum Gasteiger partial charge on any atom is -0.399 e. The zero-order chi connectivity index (χ0) is 97.1. The van der Waals surface area contributed by atoms with Crippen LogP contribution >= 0.6 is 27.5 Å². The number of hydrogen-bond donors (Lipinski definition) is 9. The van der Waals surface area contributed by atoms with Crippen LogP contribution in [0.25, 0.3) is 56.5 Å². The average Bonchev–Trinajstić information content (AvgIpc) is 1.62. The van der Waals surface area contributed by atoms with E-state index in [-0.39, 0.29) is 34.7 Å². The van der Waals surface area contributed by atoms with Gasteiger partial charge in [0.1, 0.15) is 57.2 Å². The summed E-state index contributed by atoms with van der Waals surface area (Å²) in [6.07, 6.45) is 32.9. The third kappa shape index (κ3) is 21.9. The molecule has 16 aromatic rings. The lowest BCUT2D eigenvalue weighted by atomic mass is 9.81. The van der Waals surface area contributed by atoms with Crippen LogP contribution in [0.5, 0.6) is 0 Å². The van der Waals surface area contributed by atoms with Gasteiger partial charge in [-0.1, -0.05) is 29.8 Å². The topological polar surface area (TPSA) is 451 Å². The molecule has 10 N–H and O–H groups in total. The van der Waals surface area contributed by atoms with Crippen LogP contribution in [0.3, 0.4) is 0 Å². The zero-order valence-electron chi connectivity index (χ0n) is 78.5. The maximum Gasteiger partial charge on any atom is 0.496 e. The van der Waals surface area contributed by atoms with Crippen LogP contribution in [0.15, 0.2) is 210 Å². The second-order valence-electron chi connectivity index (χ2n) is 34.9. The van der Waals surface area contributed by atoms with E-state index in [0.717, 1.165) is 223 Å². The Hall–Kier alpha value is -15.4. The van der Waals surface area contributed by atoms with Gasteiger partial charge in [-0.3, -0.25) is 43.1 Å². The number of nitrogens with two attached hydrogens (primary N) is 1. The summed E-state index contributed by atoms with van der Waals surface area (Å²) in [7, 11) is 7.01. The number of fused-ring (bicyclic) bond motifs is 8. The van der Waals surface area contributed by atoms with Crippen LogP contribution in [0.1, 0.15) is 120 Å². The summed E-state index contributed by atoms with van der Waals surface area (Å²) in [5, 5.41) is 47.4. The first-order chi connectivity index (χ1) is 67.9. The zero-order valence-corrected chi connectivity index (χ0v) is 80.9. The summed E-state index contributed by atoms with van der Waals surface area (Å²) in [5.41, 5.74) is 15.7. The lowest BCUT2D eigenvalue weighted by molar-refractivity contribution is 0.00578. The molecule has 0 atom stereocenters. The summed E-state index contributed by atoms with van der Waals surface area (Å²) in [5.74, 6) is 13.1. The highest BCUT2D eigenvalue weighted by molar-refractivity contribution is 9.10. The molecule has 45 heteroatoms. The molecular weight excluding hydrogens is 1870 g/mol. The first-order valence-corrected chi connectivity index (χ1v) is 47.3. The molecule has 15 aromatic heterocycles. The van der Waals surface area contributed by atoms with Crippen LogP contribution < -0.4 is 53.9 Å². The number of hydrazine groups is 1. The van der Waals surface area contributed by atoms with E-state index in [1.807, 2.05) is 179 Å². The fourth-order valence-electron chi connectivity index (χ4n) is 16.8. The van der Waals surface area contributed by atoms with E-state index in [1.165, 1.54) is 6.07 Å². The molecule has 0 saturated carbocycles. The lowest BCUT2D eigenvalue weighted by Gasteiger charge is -2.32. The highest BCUT2D eigenvalue weighted by Gasteiger charge is 2.52. The molecule has 3 amide bonds. The maximum absolute atomic E-state index is 14.1. The average molecular weight is 1980 g/mol. The van der Waals surface area contributed by atoms with Crippen molar-refractivity contribution in [1.29, 1.82) is 0 Å². The summed E-state index contributed by atoms with van der Waals surface area (Å²) < 4.78 is 48.6. The number of nitrogens with zero attached hydrogens (tertiary/aromatic N) is 27. The highest BCUT2D eigenvalue weighted by Crippen LogP contribution is 2.38. The number of aryl methyl sites for hydroxylation is 12. The Morgan fingerprint density at radius 3 is 1.30 bits per heavy atom. The van der Waals surface area contributed by atoms with Crippen molar-refractivity contribution < 1.29 is 28.1 Å². The number of rotatable bonds is 16. The minimum absolute atomic E-state index is 0.0229. The van der Waals surface area contributed by atoms with E-state index < -0.39 is 7.12 Å². The number of aromatic nitrogens is 25. The molecule has 0 radical (unpaired) electrons. The Balaban J connectivity index is 0.000000114. The molecule has 41 nitrogen and oxygen atoms in total. The number of hydrogen-bond acceptors (Lipinski definition) is 27. The molecule has 0 spiro atoms. The van der Waals surface area contributed by atoms with E-state index in [2.05, 4.69) is 177 Å². The first kappa shape index (κ1) is 94.9. The molecule has 1 fully saturated rings. The van der Waals surface area contributed by atoms with Gasteiger partial charge in [-0.25, -0.2) is 50.1 Å². The Bertz CT molecular complexity index is 7180. The Kier molecular flexibility index (Phi) is 28.7. The number of anilines is 8.